The number of hydrogen-bond donors (Lipinski definition) is 1. The summed E-state index contributed by atoms with van der Waals surface area (Å²) in [7, 11) is 0. The van der Waals surface area contributed by atoms with Crippen LogP contribution < -0.4 is 5.73 Å². The number of carbonyl (C=O) groups excluding carboxylic acids is 1. The standard InChI is InChI=1S/C25H33N3O/c1-17-8-7-9-18(2)24(17)25(29)28-15-21-13-27(14-22(21)16-28)19(3)12-23(26)20-10-5-4-6-11-20/h4-11,19,21-23H,12-16,26H2,1-3H3/t19?,21?,22?,23-/m0/s1. The van der Waals surface area contributed by atoms with E-state index >= 15 is 0 Å². The Bertz CT molecular complexity index is 831. The number of amides is 1. The normalized spacial score (nSPS) is 23.8. The Labute approximate surface area is 174 Å². The van der Waals surface area contributed by atoms with Crippen molar-refractivity contribution in [3.63, 3.8) is 0 Å². The Balaban J connectivity index is 1.34. The predicted octanol–water partition coefficient (Wildman–Crippen LogP) is 3.79. The van der Waals surface area contributed by atoms with Crippen LogP contribution in [0.25, 0.3) is 0 Å². The summed E-state index contributed by atoms with van der Waals surface area (Å²) < 4.78 is 0. The number of nitrogens with two attached hydrogens (primary N) is 1. The number of likely N-dealkylation sites (tertiary alicyclic amines) is 2. The van der Waals surface area contributed by atoms with Gasteiger partial charge in [0.15, 0.2) is 0 Å². The highest BCUT2D eigenvalue weighted by Crippen LogP contribution is 2.34. The van der Waals surface area contributed by atoms with Crippen molar-refractivity contribution in [2.75, 3.05) is 26.2 Å². The van der Waals surface area contributed by atoms with E-state index in [4.69, 9.17) is 5.73 Å². The fraction of sp³-hybridized carbons (Fsp3) is 0.480. The molecule has 0 spiro atoms. The highest BCUT2D eigenvalue weighted by molar-refractivity contribution is 5.97. The van der Waals surface area contributed by atoms with Gasteiger partial charge in [0, 0.05) is 43.8 Å². The molecule has 0 saturated carbocycles. The van der Waals surface area contributed by atoms with Gasteiger partial charge in [-0.05, 0) is 55.7 Å². The van der Waals surface area contributed by atoms with E-state index in [2.05, 4.69) is 41.0 Å². The van der Waals surface area contributed by atoms with Crippen LogP contribution >= 0.6 is 0 Å². The van der Waals surface area contributed by atoms with Gasteiger partial charge in [-0.3, -0.25) is 9.69 Å². The molecule has 0 bridgehead atoms. The third-order valence-corrected chi connectivity index (χ3v) is 6.94. The van der Waals surface area contributed by atoms with E-state index in [1.54, 1.807) is 0 Å². The van der Waals surface area contributed by atoms with Crippen LogP contribution in [0.15, 0.2) is 48.5 Å². The number of hydrogen-bond acceptors (Lipinski definition) is 3. The molecule has 154 valence electrons. The second-order valence-electron chi connectivity index (χ2n) is 9.05. The summed E-state index contributed by atoms with van der Waals surface area (Å²) in [5, 5.41) is 0. The van der Waals surface area contributed by atoms with E-state index in [9.17, 15) is 4.79 Å². The summed E-state index contributed by atoms with van der Waals surface area (Å²) in [6.07, 6.45) is 0.967. The van der Waals surface area contributed by atoms with E-state index in [0.717, 1.165) is 49.3 Å². The van der Waals surface area contributed by atoms with E-state index in [0.29, 0.717) is 17.9 Å². The molecule has 3 unspecified atom stereocenters. The second-order valence-corrected chi connectivity index (χ2v) is 9.05. The minimum Gasteiger partial charge on any atom is -0.338 e. The summed E-state index contributed by atoms with van der Waals surface area (Å²) in [6.45, 7) is 10.3. The van der Waals surface area contributed by atoms with Crippen molar-refractivity contribution in [2.24, 2.45) is 17.6 Å². The lowest BCUT2D eigenvalue weighted by molar-refractivity contribution is 0.0768. The van der Waals surface area contributed by atoms with Gasteiger partial charge >= 0.3 is 0 Å². The average Bonchev–Trinajstić information content (AvgIpc) is 3.28. The molecule has 2 N–H and O–H groups in total. The van der Waals surface area contributed by atoms with Crippen molar-refractivity contribution < 1.29 is 4.79 Å². The fourth-order valence-electron chi connectivity index (χ4n) is 5.22. The first-order chi connectivity index (χ1) is 13.9. The molecule has 4 heteroatoms. The maximum atomic E-state index is 13.1. The Kier molecular flexibility index (Phi) is 5.75. The first kappa shape index (κ1) is 20.1. The van der Waals surface area contributed by atoms with Crippen molar-refractivity contribution in [1.29, 1.82) is 0 Å². The Morgan fingerprint density at radius 1 is 0.966 bits per heavy atom. The molecule has 2 aromatic carbocycles. The second kappa shape index (κ2) is 8.29. The van der Waals surface area contributed by atoms with Crippen molar-refractivity contribution in [2.45, 2.75) is 39.3 Å². The van der Waals surface area contributed by atoms with Crippen molar-refractivity contribution in [1.82, 2.24) is 9.80 Å². The van der Waals surface area contributed by atoms with E-state index in [1.807, 2.05) is 38.1 Å². The smallest absolute Gasteiger partial charge is 0.254 e. The number of carbonyl (C=O) groups is 1. The molecule has 1 amide bonds. The van der Waals surface area contributed by atoms with Crippen LogP contribution in [-0.4, -0.2) is 47.9 Å². The maximum Gasteiger partial charge on any atom is 0.254 e. The predicted molar refractivity (Wildman–Crippen MR) is 118 cm³/mol. The van der Waals surface area contributed by atoms with Crippen LogP contribution in [-0.2, 0) is 0 Å². The molecule has 2 aliphatic heterocycles. The lowest BCUT2D eigenvalue weighted by Crippen LogP contribution is -2.38. The molecule has 2 aliphatic rings. The van der Waals surface area contributed by atoms with Crippen molar-refractivity contribution in [3.05, 3.63) is 70.8 Å². The summed E-state index contributed by atoms with van der Waals surface area (Å²) in [6, 6.07) is 17.0. The zero-order chi connectivity index (χ0) is 20.5. The van der Waals surface area contributed by atoms with Crippen LogP contribution in [0.3, 0.4) is 0 Å². The van der Waals surface area contributed by atoms with Gasteiger partial charge < -0.3 is 10.6 Å². The maximum absolute atomic E-state index is 13.1. The number of nitrogens with zero attached hydrogens (tertiary/aromatic N) is 2. The molecule has 2 fully saturated rings. The molecule has 4 nitrogen and oxygen atoms in total. The highest BCUT2D eigenvalue weighted by atomic mass is 16.2. The van der Waals surface area contributed by atoms with Crippen LogP contribution in [0.1, 0.15) is 46.4 Å². The monoisotopic (exact) mass is 391 g/mol. The zero-order valence-corrected chi connectivity index (χ0v) is 17.8. The van der Waals surface area contributed by atoms with Gasteiger partial charge in [0.05, 0.1) is 0 Å². The summed E-state index contributed by atoms with van der Waals surface area (Å²) in [5.74, 6) is 1.37. The van der Waals surface area contributed by atoms with E-state index in [1.165, 1.54) is 5.56 Å². The molecule has 2 aromatic rings. The summed E-state index contributed by atoms with van der Waals surface area (Å²) in [5.41, 5.74) is 10.7. The van der Waals surface area contributed by atoms with E-state index in [-0.39, 0.29) is 11.9 Å². The first-order valence-corrected chi connectivity index (χ1v) is 10.8. The molecule has 0 aliphatic carbocycles. The van der Waals surface area contributed by atoms with Gasteiger partial charge in [-0.2, -0.15) is 0 Å². The molecular formula is C25H33N3O. The van der Waals surface area contributed by atoms with Gasteiger partial charge in [-0.1, -0.05) is 48.5 Å². The largest absolute Gasteiger partial charge is 0.338 e. The number of aryl methyl sites for hydroxylation is 2. The zero-order valence-electron chi connectivity index (χ0n) is 17.8. The third-order valence-electron chi connectivity index (χ3n) is 6.94. The minimum absolute atomic E-state index is 0.0775. The van der Waals surface area contributed by atoms with E-state index < -0.39 is 0 Å². The van der Waals surface area contributed by atoms with Gasteiger partial charge in [-0.25, -0.2) is 0 Å². The summed E-state index contributed by atoms with van der Waals surface area (Å²) >= 11 is 0. The minimum atomic E-state index is 0.0775. The third kappa shape index (κ3) is 4.10. The number of rotatable bonds is 5. The lowest BCUT2D eigenvalue weighted by atomic mass is 10.0. The molecule has 4 atom stereocenters. The first-order valence-electron chi connectivity index (χ1n) is 10.8. The topological polar surface area (TPSA) is 49.6 Å². The number of benzene rings is 2. The molecular weight excluding hydrogens is 358 g/mol. The Hall–Kier alpha value is -2.17. The SMILES string of the molecule is Cc1cccc(C)c1C(=O)N1CC2CN(C(C)C[C@H](N)c3ccccc3)CC2C1. The molecule has 2 heterocycles. The van der Waals surface area contributed by atoms with Gasteiger partial charge in [0.1, 0.15) is 0 Å². The van der Waals surface area contributed by atoms with Crippen LogP contribution in [0.5, 0.6) is 0 Å². The summed E-state index contributed by atoms with van der Waals surface area (Å²) in [4.78, 5) is 17.8. The van der Waals surface area contributed by atoms with Crippen molar-refractivity contribution >= 4 is 5.91 Å². The van der Waals surface area contributed by atoms with Crippen LogP contribution in [0, 0.1) is 25.7 Å². The lowest BCUT2D eigenvalue weighted by Gasteiger charge is -2.29. The van der Waals surface area contributed by atoms with Crippen LogP contribution in [0.4, 0.5) is 0 Å². The van der Waals surface area contributed by atoms with Crippen LogP contribution in [0.2, 0.25) is 0 Å². The van der Waals surface area contributed by atoms with Gasteiger partial charge in [-0.15, -0.1) is 0 Å². The molecule has 0 aromatic heterocycles. The Morgan fingerprint density at radius 3 is 2.14 bits per heavy atom. The quantitative estimate of drug-likeness (QED) is 0.844. The fourth-order valence-corrected chi connectivity index (χ4v) is 5.22. The molecule has 0 radical (unpaired) electrons. The van der Waals surface area contributed by atoms with Crippen molar-refractivity contribution in [3.8, 4) is 0 Å². The molecule has 2 saturated heterocycles. The Morgan fingerprint density at radius 2 is 1.55 bits per heavy atom. The van der Waals surface area contributed by atoms with Gasteiger partial charge in [0.25, 0.3) is 5.91 Å². The number of fused-ring (bicyclic) bond motifs is 1. The van der Waals surface area contributed by atoms with Gasteiger partial charge in [0.2, 0.25) is 0 Å². The average molecular weight is 392 g/mol. The molecule has 29 heavy (non-hydrogen) atoms. The molecule has 4 rings (SSSR count). The highest BCUT2D eigenvalue weighted by Gasteiger charge is 2.43.